The zero-order chi connectivity index (χ0) is 14.8. The van der Waals surface area contributed by atoms with Gasteiger partial charge >= 0.3 is 0 Å². The Labute approximate surface area is 127 Å². The van der Waals surface area contributed by atoms with Gasteiger partial charge in [0.05, 0.1) is 22.9 Å². The number of nitrogens with zero attached hydrogens (tertiary/aromatic N) is 2. The second-order valence-corrected chi connectivity index (χ2v) is 6.49. The van der Waals surface area contributed by atoms with E-state index in [0.717, 1.165) is 29.0 Å². The molecule has 1 aliphatic carbocycles. The SMILES string of the molecule is CN(CC(O)C1CC1)C(=O)CSc1nc2ccccc2[nH]1. The molecule has 1 saturated carbocycles. The van der Waals surface area contributed by atoms with Crippen molar-refractivity contribution in [2.24, 2.45) is 5.92 Å². The number of aliphatic hydroxyl groups excluding tert-OH is 1. The van der Waals surface area contributed by atoms with Gasteiger partial charge in [-0.2, -0.15) is 0 Å². The molecule has 112 valence electrons. The number of hydrogen-bond acceptors (Lipinski definition) is 4. The molecule has 1 unspecified atom stereocenters. The molecule has 21 heavy (non-hydrogen) atoms. The maximum Gasteiger partial charge on any atom is 0.232 e. The highest BCUT2D eigenvalue weighted by atomic mass is 32.2. The van der Waals surface area contributed by atoms with Gasteiger partial charge in [-0.15, -0.1) is 0 Å². The quantitative estimate of drug-likeness (QED) is 0.800. The molecule has 5 nitrogen and oxygen atoms in total. The summed E-state index contributed by atoms with van der Waals surface area (Å²) in [7, 11) is 1.74. The average Bonchev–Trinajstić information content (AvgIpc) is 3.24. The molecule has 1 aromatic carbocycles. The van der Waals surface area contributed by atoms with Crippen LogP contribution in [0, 0.1) is 5.92 Å². The molecule has 1 amide bonds. The van der Waals surface area contributed by atoms with Crippen molar-refractivity contribution in [3.63, 3.8) is 0 Å². The van der Waals surface area contributed by atoms with Gasteiger partial charge in [-0.3, -0.25) is 4.79 Å². The summed E-state index contributed by atoms with van der Waals surface area (Å²) in [5.41, 5.74) is 1.88. The largest absolute Gasteiger partial charge is 0.391 e. The molecule has 2 aromatic rings. The first-order valence-corrected chi connectivity index (χ1v) is 8.11. The Bertz CT molecular complexity index is 606. The van der Waals surface area contributed by atoms with Crippen LogP contribution >= 0.6 is 11.8 Å². The Hall–Kier alpha value is -1.53. The molecule has 0 radical (unpaired) electrons. The number of carbonyl (C=O) groups is 1. The lowest BCUT2D eigenvalue weighted by atomic mass is 10.2. The first-order chi connectivity index (χ1) is 10.1. The maximum absolute atomic E-state index is 12.1. The average molecular weight is 305 g/mol. The normalized spacial score (nSPS) is 16.1. The van der Waals surface area contributed by atoms with E-state index in [0.29, 0.717) is 18.2 Å². The molecule has 0 spiro atoms. The van der Waals surface area contributed by atoms with Crippen molar-refractivity contribution in [1.82, 2.24) is 14.9 Å². The summed E-state index contributed by atoms with van der Waals surface area (Å²) >= 11 is 1.39. The lowest BCUT2D eigenvalue weighted by Crippen LogP contribution is -2.36. The Kier molecular flexibility index (Phi) is 4.17. The summed E-state index contributed by atoms with van der Waals surface area (Å²) in [6.45, 7) is 0.421. The molecular formula is C15H19N3O2S. The number of hydrogen-bond donors (Lipinski definition) is 2. The fourth-order valence-electron chi connectivity index (χ4n) is 2.25. The summed E-state index contributed by atoms with van der Waals surface area (Å²) in [5, 5.41) is 10.6. The first kappa shape index (κ1) is 14.4. The van der Waals surface area contributed by atoms with Crippen LogP contribution in [-0.2, 0) is 4.79 Å². The third kappa shape index (κ3) is 3.57. The summed E-state index contributed by atoms with van der Waals surface area (Å²) < 4.78 is 0. The molecule has 3 rings (SSSR count). The lowest BCUT2D eigenvalue weighted by Gasteiger charge is -2.20. The van der Waals surface area contributed by atoms with Crippen molar-refractivity contribution in [1.29, 1.82) is 0 Å². The Morgan fingerprint density at radius 2 is 2.29 bits per heavy atom. The number of aliphatic hydroxyl groups is 1. The van der Waals surface area contributed by atoms with Gasteiger partial charge < -0.3 is 15.0 Å². The monoisotopic (exact) mass is 305 g/mol. The highest BCUT2D eigenvalue weighted by Gasteiger charge is 2.31. The van der Waals surface area contributed by atoms with Crippen LogP contribution in [0.1, 0.15) is 12.8 Å². The fourth-order valence-corrected chi connectivity index (χ4v) is 3.08. The minimum Gasteiger partial charge on any atom is -0.391 e. The molecule has 0 aliphatic heterocycles. The zero-order valence-electron chi connectivity index (χ0n) is 12.0. The van der Waals surface area contributed by atoms with Gasteiger partial charge in [0.2, 0.25) is 5.91 Å². The van der Waals surface area contributed by atoms with E-state index in [9.17, 15) is 9.90 Å². The van der Waals surface area contributed by atoms with Gasteiger partial charge in [0.15, 0.2) is 5.16 Å². The van der Waals surface area contributed by atoms with Crippen molar-refractivity contribution in [2.45, 2.75) is 24.1 Å². The number of para-hydroxylation sites is 2. The number of aromatic amines is 1. The number of benzene rings is 1. The second kappa shape index (κ2) is 6.07. The van der Waals surface area contributed by atoms with E-state index in [1.807, 2.05) is 24.3 Å². The van der Waals surface area contributed by atoms with Crippen LogP contribution in [0.4, 0.5) is 0 Å². The molecule has 1 aliphatic rings. The van der Waals surface area contributed by atoms with Crippen LogP contribution in [-0.4, -0.2) is 51.3 Å². The number of H-pyrrole nitrogens is 1. The van der Waals surface area contributed by atoms with Crippen molar-refractivity contribution in [3.8, 4) is 0 Å². The van der Waals surface area contributed by atoms with E-state index >= 15 is 0 Å². The third-order valence-electron chi connectivity index (χ3n) is 3.75. The molecule has 6 heteroatoms. The minimum absolute atomic E-state index is 0.0140. The number of fused-ring (bicyclic) bond motifs is 1. The molecule has 0 saturated heterocycles. The standard InChI is InChI=1S/C15H19N3O2S/c1-18(8-13(19)10-6-7-10)14(20)9-21-15-16-11-4-2-3-5-12(11)17-15/h2-5,10,13,19H,6-9H2,1H3,(H,16,17). The molecule has 2 N–H and O–H groups in total. The minimum atomic E-state index is -0.379. The van der Waals surface area contributed by atoms with Crippen molar-refractivity contribution >= 4 is 28.7 Å². The number of nitrogens with one attached hydrogen (secondary N) is 1. The summed E-state index contributed by atoms with van der Waals surface area (Å²) in [4.78, 5) is 21.3. The molecule has 1 atom stereocenters. The van der Waals surface area contributed by atoms with E-state index in [4.69, 9.17) is 0 Å². The summed E-state index contributed by atoms with van der Waals surface area (Å²) in [6, 6.07) is 7.80. The molecular weight excluding hydrogens is 286 g/mol. The lowest BCUT2D eigenvalue weighted by molar-refractivity contribution is -0.128. The van der Waals surface area contributed by atoms with Crippen molar-refractivity contribution < 1.29 is 9.90 Å². The number of amides is 1. The van der Waals surface area contributed by atoms with Gasteiger partial charge in [0.1, 0.15) is 0 Å². The van der Waals surface area contributed by atoms with Crippen LogP contribution < -0.4 is 0 Å². The fraction of sp³-hybridized carbons (Fsp3) is 0.467. The predicted molar refractivity (Wildman–Crippen MR) is 83.2 cm³/mol. The van der Waals surface area contributed by atoms with Crippen molar-refractivity contribution in [2.75, 3.05) is 19.3 Å². The van der Waals surface area contributed by atoms with E-state index in [2.05, 4.69) is 9.97 Å². The number of likely N-dealkylation sites (N-methyl/N-ethyl adjacent to an activating group) is 1. The van der Waals surface area contributed by atoms with Gasteiger partial charge in [-0.25, -0.2) is 4.98 Å². The predicted octanol–water partition coefficient (Wildman–Crippen LogP) is 1.88. The van der Waals surface area contributed by atoms with Crippen LogP contribution in [0.25, 0.3) is 11.0 Å². The van der Waals surface area contributed by atoms with E-state index < -0.39 is 0 Å². The first-order valence-electron chi connectivity index (χ1n) is 7.13. The third-order valence-corrected chi connectivity index (χ3v) is 4.61. The zero-order valence-corrected chi connectivity index (χ0v) is 12.8. The van der Waals surface area contributed by atoms with Gasteiger partial charge in [0, 0.05) is 13.6 Å². The number of carbonyl (C=O) groups excluding carboxylic acids is 1. The Balaban J connectivity index is 1.52. The Morgan fingerprint density at radius 1 is 1.52 bits per heavy atom. The summed E-state index contributed by atoms with van der Waals surface area (Å²) in [5.74, 6) is 0.733. The number of imidazole rings is 1. The number of rotatable bonds is 6. The van der Waals surface area contributed by atoms with E-state index in [-0.39, 0.29) is 12.0 Å². The number of aromatic nitrogens is 2. The van der Waals surface area contributed by atoms with Crippen LogP contribution in [0.15, 0.2) is 29.4 Å². The molecule has 1 fully saturated rings. The van der Waals surface area contributed by atoms with Crippen LogP contribution in [0.3, 0.4) is 0 Å². The smallest absolute Gasteiger partial charge is 0.232 e. The summed E-state index contributed by atoms with van der Waals surface area (Å²) in [6.07, 6.45) is 1.78. The molecule has 1 aromatic heterocycles. The van der Waals surface area contributed by atoms with Gasteiger partial charge in [-0.1, -0.05) is 23.9 Å². The molecule has 1 heterocycles. The second-order valence-electron chi connectivity index (χ2n) is 5.53. The highest BCUT2D eigenvalue weighted by molar-refractivity contribution is 7.99. The number of thioether (sulfide) groups is 1. The van der Waals surface area contributed by atoms with Crippen molar-refractivity contribution in [3.05, 3.63) is 24.3 Å². The van der Waals surface area contributed by atoms with E-state index in [1.165, 1.54) is 11.8 Å². The van der Waals surface area contributed by atoms with E-state index in [1.54, 1.807) is 11.9 Å². The topological polar surface area (TPSA) is 69.2 Å². The van der Waals surface area contributed by atoms with Gasteiger partial charge in [-0.05, 0) is 30.9 Å². The van der Waals surface area contributed by atoms with Crippen LogP contribution in [0.5, 0.6) is 0 Å². The Morgan fingerprint density at radius 3 is 3.00 bits per heavy atom. The van der Waals surface area contributed by atoms with Crippen LogP contribution in [0.2, 0.25) is 0 Å². The highest BCUT2D eigenvalue weighted by Crippen LogP contribution is 2.32. The maximum atomic E-state index is 12.1. The molecule has 0 bridgehead atoms. The van der Waals surface area contributed by atoms with Gasteiger partial charge in [0.25, 0.3) is 0 Å².